The summed E-state index contributed by atoms with van der Waals surface area (Å²) in [5, 5.41) is 26.8. The number of nitrogens with zero attached hydrogens (tertiary/aromatic N) is 1. The fraction of sp³-hybridized carbons (Fsp3) is 0.500. The molecule has 2 aromatic rings. The lowest BCUT2D eigenvalue weighted by atomic mass is 9.91. The smallest absolute Gasteiger partial charge is 0.256 e. The number of hydrogen-bond donors (Lipinski definition) is 4. The minimum Gasteiger partial charge on any atom is -0.389 e. The van der Waals surface area contributed by atoms with Crippen LogP contribution in [-0.4, -0.2) is 57.9 Å². The number of halogens is 3. The van der Waals surface area contributed by atoms with E-state index < -0.39 is 40.2 Å². The van der Waals surface area contributed by atoms with Crippen molar-refractivity contribution < 1.29 is 28.2 Å². The molecule has 2 unspecified atom stereocenters. The fourth-order valence-electron chi connectivity index (χ4n) is 4.58. The molecule has 1 aliphatic heterocycles. The van der Waals surface area contributed by atoms with Crippen molar-refractivity contribution in [3.05, 3.63) is 58.9 Å². The van der Waals surface area contributed by atoms with Crippen molar-refractivity contribution in [1.82, 2.24) is 10.2 Å². The van der Waals surface area contributed by atoms with Crippen LogP contribution in [0.2, 0.25) is 0 Å². The number of aliphatic hydroxyl groups is 2. The molecule has 192 valence electrons. The Bertz CT molecular complexity index is 1070. The van der Waals surface area contributed by atoms with E-state index in [0.717, 1.165) is 25.0 Å². The maximum Gasteiger partial charge on any atom is 0.256 e. The van der Waals surface area contributed by atoms with Crippen LogP contribution in [0.1, 0.15) is 56.0 Å². The Labute approximate surface area is 204 Å². The third-order valence-corrected chi connectivity index (χ3v) is 6.57. The number of likely N-dealkylation sites (tertiary alicyclic amines) is 1. The van der Waals surface area contributed by atoms with Gasteiger partial charge in [0.1, 0.15) is 11.4 Å². The molecule has 2 aromatic carbocycles. The van der Waals surface area contributed by atoms with Crippen molar-refractivity contribution in [2.75, 3.05) is 25.0 Å². The maximum absolute atomic E-state index is 14.6. The molecule has 1 saturated heterocycles. The van der Waals surface area contributed by atoms with E-state index in [1.54, 1.807) is 19.9 Å². The van der Waals surface area contributed by atoms with E-state index >= 15 is 0 Å². The first kappa shape index (κ1) is 27.0. The lowest BCUT2D eigenvalue weighted by Crippen LogP contribution is -2.68. The SMILES string of the molecule is CC.Cc1ccc(Nc2c(C(=O)N3CC(O)(CNC4CCCC4(C)O)C3)ccc(F)c2F)c(F)c1. The number of carbonyl (C=O) groups excluding carboxylic acids is 1. The monoisotopic (exact) mass is 493 g/mol. The van der Waals surface area contributed by atoms with E-state index in [4.69, 9.17) is 0 Å². The van der Waals surface area contributed by atoms with Crippen LogP contribution in [0.15, 0.2) is 30.3 Å². The van der Waals surface area contributed by atoms with Gasteiger partial charge in [0.05, 0.1) is 35.6 Å². The summed E-state index contributed by atoms with van der Waals surface area (Å²) in [6.45, 7) is 7.62. The first-order valence-corrected chi connectivity index (χ1v) is 12.0. The minimum absolute atomic E-state index is 0.00890. The molecule has 6 nitrogen and oxygen atoms in total. The molecule has 35 heavy (non-hydrogen) atoms. The van der Waals surface area contributed by atoms with E-state index in [-0.39, 0.29) is 36.9 Å². The normalized spacial score (nSPS) is 22.8. The van der Waals surface area contributed by atoms with Gasteiger partial charge in [0.25, 0.3) is 5.91 Å². The van der Waals surface area contributed by atoms with Crippen LogP contribution in [0.3, 0.4) is 0 Å². The number of nitrogens with one attached hydrogen (secondary N) is 2. The van der Waals surface area contributed by atoms with Crippen LogP contribution in [0.25, 0.3) is 0 Å². The summed E-state index contributed by atoms with van der Waals surface area (Å²) < 4.78 is 42.8. The summed E-state index contributed by atoms with van der Waals surface area (Å²) in [5.74, 6) is -3.73. The number of amides is 1. The van der Waals surface area contributed by atoms with Gasteiger partial charge in [0.15, 0.2) is 11.6 Å². The van der Waals surface area contributed by atoms with E-state index in [0.29, 0.717) is 12.0 Å². The quantitative estimate of drug-likeness (QED) is 0.483. The topological polar surface area (TPSA) is 84.8 Å². The lowest BCUT2D eigenvalue weighted by Gasteiger charge is -2.47. The number of β-amino-alcohol motifs (C(OH)–C–C–N with tert-alkyl or cyclic N) is 1. The average Bonchev–Trinajstić information content (AvgIpc) is 3.14. The molecule has 2 fully saturated rings. The van der Waals surface area contributed by atoms with Crippen molar-refractivity contribution >= 4 is 17.3 Å². The largest absolute Gasteiger partial charge is 0.389 e. The third-order valence-electron chi connectivity index (χ3n) is 6.57. The van der Waals surface area contributed by atoms with Crippen molar-refractivity contribution in [3.8, 4) is 0 Å². The minimum atomic E-state index is -1.29. The van der Waals surface area contributed by atoms with Gasteiger partial charge in [-0.1, -0.05) is 19.9 Å². The highest BCUT2D eigenvalue weighted by Crippen LogP contribution is 2.33. The third kappa shape index (κ3) is 5.79. The molecule has 0 spiro atoms. The van der Waals surface area contributed by atoms with E-state index in [1.165, 1.54) is 17.0 Å². The number of carbonyl (C=O) groups is 1. The summed E-state index contributed by atoms with van der Waals surface area (Å²) in [6, 6.07) is 6.07. The van der Waals surface area contributed by atoms with Crippen molar-refractivity contribution in [1.29, 1.82) is 0 Å². The highest BCUT2D eigenvalue weighted by atomic mass is 19.2. The zero-order valence-corrected chi connectivity index (χ0v) is 20.6. The molecule has 2 aliphatic rings. The maximum atomic E-state index is 14.6. The van der Waals surface area contributed by atoms with Gasteiger partial charge < -0.3 is 25.7 Å². The Morgan fingerprint density at radius 2 is 1.80 bits per heavy atom. The number of hydrogen-bond acceptors (Lipinski definition) is 5. The Balaban J connectivity index is 0.00000167. The number of rotatable bonds is 6. The number of aryl methyl sites for hydroxylation is 1. The summed E-state index contributed by atoms with van der Waals surface area (Å²) in [7, 11) is 0. The standard InChI is InChI=1S/C24H28F3N3O3.C2H6/c1-14-5-8-18(17(26)10-14)29-21-15(6-7-16(25)20(21)27)22(31)30-12-24(33,13-30)11-28-19-4-3-9-23(19,2)32;1-2/h5-8,10,19,28-29,32-33H,3-4,9,11-13H2,1-2H3;1-2H3. The zero-order valence-electron chi connectivity index (χ0n) is 20.6. The molecule has 0 aromatic heterocycles. The molecule has 0 radical (unpaired) electrons. The van der Waals surface area contributed by atoms with Gasteiger partial charge >= 0.3 is 0 Å². The Hall–Kier alpha value is -2.62. The molecular weight excluding hydrogens is 459 g/mol. The Kier molecular flexibility index (Phi) is 8.14. The second-order valence-electron chi connectivity index (χ2n) is 9.46. The first-order valence-electron chi connectivity index (χ1n) is 12.0. The molecular formula is C26H34F3N3O3. The van der Waals surface area contributed by atoms with Gasteiger partial charge in [-0.05, 0) is 62.9 Å². The summed E-state index contributed by atoms with van der Waals surface area (Å²) in [4.78, 5) is 14.3. The highest BCUT2D eigenvalue weighted by molar-refractivity contribution is 6.01. The Morgan fingerprint density at radius 3 is 2.40 bits per heavy atom. The molecule has 0 bridgehead atoms. The van der Waals surface area contributed by atoms with E-state index in [9.17, 15) is 28.2 Å². The summed E-state index contributed by atoms with van der Waals surface area (Å²) in [5.41, 5.74) is -2.09. The van der Waals surface area contributed by atoms with Crippen molar-refractivity contribution in [3.63, 3.8) is 0 Å². The van der Waals surface area contributed by atoms with Crippen molar-refractivity contribution in [2.24, 2.45) is 0 Å². The fourth-order valence-corrected chi connectivity index (χ4v) is 4.58. The van der Waals surface area contributed by atoms with Gasteiger partial charge in [-0.25, -0.2) is 13.2 Å². The van der Waals surface area contributed by atoms with E-state index in [2.05, 4.69) is 10.6 Å². The van der Waals surface area contributed by atoms with Crippen LogP contribution < -0.4 is 10.6 Å². The predicted octanol–water partition coefficient (Wildman–Crippen LogP) is 4.26. The van der Waals surface area contributed by atoms with Crippen LogP contribution in [-0.2, 0) is 0 Å². The summed E-state index contributed by atoms with van der Waals surface area (Å²) in [6.07, 6.45) is 2.37. The van der Waals surface area contributed by atoms with Crippen LogP contribution in [0.5, 0.6) is 0 Å². The number of anilines is 2. The number of benzene rings is 2. The predicted molar refractivity (Wildman–Crippen MR) is 129 cm³/mol. The molecule has 9 heteroatoms. The molecule has 1 heterocycles. The van der Waals surface area contributed by atoms with E-state index in [1.807, 2.05) is 13.8 Å². The van der Waals surface area contributed by atoms with Crippen LogP contribution in [0.4, 0.5) is 24.5 Å². The van der Waals surface area contributed by atoms with Gasteiger partial charge in [-0.3, -0.25) is 4.79 Å². The molecule has 1 saturated carbocycles. The second-order valence-corrected chi connectivity index (χ2v) is 9.46. The molecule has 1 amide bonds. The zero-order chi connectivity index (χ0) is 26.0. The highest BCUT2D eigenvalue weighted by Gasteiger charge is 2.46. The second kappa shape index (κ2) is 10.6. The van der Waals surface area contributed by atoms with Crippen molar-refractivity contribution in [2.45, 2.75) is 64.2 Å². The lowest BCUT2D eigenvalue weighted by molar-refractivity contribution is -0.0834. The molecule has 2 atom stereocenters. The molecule has 1 aliphatic carbocycles. The molecule has 4 N–H and O–H groups in total. The van der Waals surface area contributed by atoms with Gasteiger partial charge in [0, 0.05) is 12.6 Å². The first-order chi connectivity index (χ1) is 16.5. The van der Waals surface area contributed by atoms with Gasteiger partial charge in [0.2, 0.25) is 0 Å². The average molecular weight is 494 g/mol. The molecule has 4 rings (SSSR count). The van der Waals surface area contributed by atoms with Gasteiger partial charge in [-0.2, -0.15) is 0 Å². The summed E-state index contributed by atoms with van der Waals surface area (Å²) >= 11 is 0. The van der Waals surface area contributed by atoms with Crippen LogP contribution >= 0.6 is 0 Å². The van der Waals surface area contributed by atoms with Gasteiger partial charge in [-0.15, -0.1) is 0 Å². The van der Waals surface area contributed by atoms with Crippen LogP contribution in [0, 0.1) is 24.4 Å². The Morgan fingerprint density at radius 1 is 1.11 bits per heavy atom.